The fourth-order valence-electron chi connectivity index (χ4n) is 1.46. The van der Waals surface area contributed by atoms with Crippen molar-refractivity contribution in [2.75, 3.05) is 19.0 Å². The number of halogens is 3. The highest BCUT2D eigenvalue weighted by atomic mass is 19.4. The number of carboxylic acids is 1. The summed E-state index contributed by atoms with van der Waals surface area (Å²) in [5.41, 5.74) is -2.31. The van der Waals surface area contributed by atoms with Gasteiger partial charge in [0.15, 0.2) is 0 Å². The summed E-state index contributed by atoms with van der Waals surface area (Å²) < 4.78 is 43.6. The molecular formula is C13H16F3NO3. The number of carboxylic acid groups (broad SMARTS) is 1. The first-order valence-electron chi connectivity index (χ1n) is 5.80. The highest BCUT2D eigenvalue weighted by molar-refractivity contribution is 5.90. The lowest BCUT2D eigenvalue weighted by atomic mass is 10.1. The Kier molecular flexibility index (Phi) is 4.65. The molecule has 2 N–H and O–H groups in total. The number of benzene rings is 1. The summed E-state index contributed by atoms with van der Waals surface area (Å²) in [6, 6.07) is 3.02. The molecule has 0 saturated heterocycles. The molecule has 1 aromatic carbocycles. The third-order valence-corrected chi connectivity index (χ3v) is 2.83. The van der Waals surface area contributed by atoms with E-state index in [0.717, 1.165) is 12.1 Å². The molecule has 7 heteroatoms. The molecule has 0 aliphatic heterocycles. The summed E-state index contributed by atoms with van der Waals surface area (Å²) in [7, 11) is 1.50. The molecule has 0 radical (unpaired) electrons. The van der Waals surface area contributed by atoms with Crippen LogP contribution in [0, 0.1) is 0 Å². The number of methoxy groups -OCH3 is 1. The van der Waals surface area contributed by atoms with E-state index in [1.807, 2.05) is 0 Å². The van der Waals surface area contributed by atoms with Crippen LogP contribution in [0.2, 0.25) is 0 Å². The van der Waals surface area contributed by atoms with E-state index in [1.54, 1.807) is 13.8 Å². The van der Waals surface area contributed by atoms with Crippen LogP contribution < -0.4 is 5.32 Å². The molecule has 4 nitrogen and oxygen atoms in total. The van der Waals surface area contributed by atoms with Gasteiger partial charge in [0.05, 0.1) is 16.7 Å². The Labute approximate surface area is 114 Å². The van der Waals surface area contributed by atoms with Gasteiger partial charge >= 0.3 is 12.1 Å². The van der Waals surface area contributed by atoms with Crippen molar-refractivity contribution in [3.63, 3.8) is 0 Å². The predicted molar refractivity (Wildman–Crippen MR) is 68.0 cm³/mol. The third kappa shape index (κ3) is 4.12. The van der Waals surface area contributed by atoms with Gasteiger partial charge in [-0.3, -0.25) is 0 Å². The Balaban J connectivity index is 3.05. The van der Waals surface area contributed by atoms with Crippen LogP contribution in [0.1, 0.15) is 29.8 Å². The Morgan fingerprint density at radius 2 is 1.95 bits per heavy atom. The quantitative estimate of drug-likeness (QED) is 0.874. The lowest BCUT2D eigenvalue weighted by Crippen LogP contribution is -2.32. The summed E-state index contributed by atoms with van der Waals surface area (Å²) in [5.74, 6) is -1.61. The molecule has 112 valence electrons. The maximum Gasteiger partial charge on any atom is 0.417 e. The monoisotopic (exact) mass is 291 g/mol. The van der Waals surface area contributed by atoms with E-state index < -0.39 is 28.9 Å². The van der Waals surface area contributed by atoms with E-state index in [-0.39, 0.29) is 12.2 Å². The van der Waals surface area contributed by atoms with Crippen LogP contribution in [-0.2, 0) is 10.9 Å². The number of hydrogen-bond acceptors (Lipinski definition) is 3. The van der Waals surface area contributed by atoms with Gasteiger partial charge in [0.1, 0.15) is 0 Å². The molecular weight excluding hydrogens is 275 g/mol. The van der Waals surface area contributed by atoms with Gasteiger partial charge < -0.3 is 15.2 Å². The van der Waals surface area contributed by atoms with Gasteiger partial charge in [-0.05, 0) is 32.0 Å². The molecule has 0 saturated carbocycles. The summed E-state index contributed by atoms with van der Waals surface area (Å²) in [4.78, 5) is 10.8. The van der Waals surface area contributed by atoms with E-state index in [9.17, 15) is 18.0 Å². The van der Waals surface area contributed by atoms with Crippen molar-refractivity contribution in [2.45, 2.75) is 25.6 Å². The van der Waals surface area contributed by atoms with Crippen molar-refractivity contribution in [2.24, 2.45) is 0 Å². The van der Waals surface area contributed by atoms with Crippen LogP contribution in [-0.4, -0.2) is 30.3 Å². The van der Waals surface area contributed by atoms with Crippen molar-refractivity contribution in [1.82, 2.24) is 0 Å². The minimum atomic E-state index is -4.72. The number of carbonyl (C=O) groups is 1. The van der Waals surface area contributed by atoms with Crippen molar-refractivity contribution in [1.29, 1.82) is 0 Å². The van der Waals surface area contributed by atoms with Gasteiger partial charge in [-0.15, -0.1) is 0 Å². The first-order valence-corrected chi connectivity index (χ1v) is 5.80. The number of nitrogens with one attached hydrogen (secondary N) is 1. The zero-order valence-corrected chi connectivity index (χ0v) is 11.3. The molecule has 0 spiro atoms. The number of hydrogen-bond donors (Lipinski definition) is 2. The smallest absolute Gasteiger partial charge is 0.417 e. The van der Waals surface area contributed by atoms with Crippen LogP contribution in [0.3, 0.4) is 0 Å². The summed E-state index contributed by atoms with van der Waals surface area (Å²) >= 11 is 0. The largest absolute Gasteiger partial charge is 0.478 e. The van der Waals surface area contributed by atoms with Crippen LogP contribution >= 0.6 is 0 Å². The zero-order valence-electron chi connectivity index (χ0n) is 11.3. The zero-order chi connectivity index (χ0) is 15.6. The molecule has 0 fully saturated rings. The first-order chi connectivity index (χ1) is 9.07. The third-order valence-electron chi connectivity index (χ3n) is 2.83. The van der Waals surface area contributed by atoms with Crippen molar-refractivity contribution >= 4 is 11.7 Å². The molecule has 0 unspecified atom stereocenters. The van der Waals surface area contributed by atoms with Crippen LogP contribution in [0.5, 0.6) is 0 Å². The fourth-order valence-corrected chi connectivity index (χ4v) is 1.46. The summed E-state index contributed by atoms with van der Waals surface area (Å²) in [5, 5.41) is 11.6. The fraction of sp³-hybridized carbons (Fsp3) is 0.462. The Morgan fingerprint density at radius 3 is 2.40 bits per heavy atom. The average Bonchev–Trinajstić information content (AvgIpc) is 2.35. The second kappa shape index (κ2) is 5.70. The topological polar surface area (TPSA) is 58.6 Å². The SMILES string of the molecule is COC(C)(C)CNc1ccc(C(=O)O)c(C(F)(F)F)c1. The van der Waals surface area contributed by atoms with Gasteiger partial charge in [-0.1, -0.05) is 0 Å². The van der Waals surface area contributed by atoms with Gasteiger partial charge in [-0.2, -0.15) is 13.2 Å². The lowest BCUT2D eigenvalue weighted by Gasteiger charge is -2.24. The second-order valence-electron chi connectivity index (χ2n) is 4.88. The number of alkyl halides is 3. The lowest BCUT2D eigenvalue weighted by molar-refractivity contribution is -0.138. The Bertz CT molecular complexity index is 498. The van der Waals surface area contributed by atoms with Gasteiger partial charge in [0.25, 0.3) is 0 Å². The van der Waals surface area contributed by atoms with Crippen molar-refractivity contribution < 1.29 is 27.8 Å². The minimum absolute atomic E-state index is 0.187. The van der Waals surface area contributed by atoms with E-state index in [2.05, 4.69) is 5.32 Å². The van der Waals surface area contributed by atoms with Crippen LogP contribution in [0.4, 0.5) is 18.9 Å². The average molecular weight is 291 g/mol. The minimum Gasteiger partial charge on any atom is -0.478 e. The second-order valence-corrected chi connectivity index (χ2v) is 4.88. The molecule has 0 aliphatic carbocycles. The summed E-state index contributed by atoms with van der Waals surface area (Å²) in [6.07, 6.45) is -4.72. The summed E-state index contributed by atoms with van der Waals surface area (Å²) in [6.45, 7) is 3.83. The molecule has 1 aromatic rings. The molecule has 0 amide bonds. The van der Waals surface area contributed by atoms with E-state index in [0.29, 0.717) is 0 Å². The van der Waals surface area contributed by atoms with E-state index in [1.165, 1.54) is 13.2 Å². The van der Waals surface area contributed by atoms with E-state index >= 15 is 0 Å². The molecule has 20 heavy (non-hydrogen) atoms. The highest BCUT2D eigenvalue weighted by Gasteiger charge is 2.35. The number of aromatic carboxylic acids is 1. The molecule has 0 bridgehead atoms. The van der Waals surface area contributed by atoms with Gasteiger partial charge in [-0.25, -0.2) is 4.79 Å². The van der Waals surface area contributed by atoms with Crippen molar-refractivity contribution in [3.8, 4) is 0 Å². The van der Waals surface area contributed by atoms with Crippen LogP contribution in [0.15, 0.2) is 18.2 Å². The van der Waals surface area contributed by atoms with E-state index in [4.69, 9.17) is 9.84 Å². The Morgan fingerprint density at radius 1 is 1.35 bits per heavy atom. The number of ether oxygens (including phenoxy) is 1. The van der Waals surface area contributed by atoms with Gasteiger partial charge in [0.2, 0.25) is 0 Å². The van der Waals surface area contributed by atoms with Gasteiger partial charge in [0, 0.05) is 19.3 Å². The van der Waals surface area contributed by atoms with Crippen molar-refractivity contribution in [3.05, 3.63) is 29.3 Å². The molecule has 0 heterocycles. The molecule has 0 aromatic heterocycles. The predicted octanol–water partition coefficient (Wildman–Crippen LogP) is 3.24. The molecule has 0 aliphatic rings. The molecule has 0 atom stereocenters. The Hall–Kier alpha value is -1.76. The standard InChI is InChI=1S/C13H16F3NO3/c1-12(2,20-3)7-17-8-4-5-9(11(18)19)10(6-8)13(14,15)16/h4-6,17H,7H2,1-3H3,(H,18,19). The normalized spacial score (nSPS) is 12.3. The maximum atomic E-state index is 12.8. The maximum absolute atomic E-state index is 12.8. The number of rotatable bonds is 5. The number of anilines is 1. The highest BCUT2D eigenvalue weighted by Crippen LogP contribution is 2.34. The van der Waals surface area contributed by atoms with Crippen LogP contribution in [0.25, 0.3) is 0 Å². The molecule has 1 rings (SSSR count). The first kappa shape index (κ1) is 16.3.